The number of methoxy groups -OCH3 is 1. The molecule has 0 atom stereocenters. The highest BCUT2D eigenvalue weighted by Crippen LogP contribution is 2.26. The van der Waals surface area contributed by atoms with Crippen molar-refractivity contribution < 1.29 is 18.6 Å². The molecule has 0 radical (unpaired) electrons. The van der Waals surface area contributed by atoms with E-state index in [1.165, 1.54) is 37.4 Å². The quantitative estimate of drug-likeness (QED) is 0.891. The highest BCUT2D eigenvalue weighted by molar-refractivity contribution is 5.56. The summed E-state index contributed by atoms with van der Waals surface area (Å²) in [5.74, 6) is -0.683. The summed E-state index contributed by atoms with van der Waals surface area (Å²) in [6, 6.07) is 7.88. The summed E-state index contributed by atoms with van der Waals surface area (Å²) in [4.78, 5) is 0. The van der Waals surface area contributed by atoms with Gasteiger partial charge in [0.15, 0.2) is 0 Å². The Morgan fingerprint density at radius 3 is 2.58 bits per heavy atom. The number of ether oxygens (including phenoxy) is 1. The van der Waals surface area contributed by atoms with Crippen LogP contribution in [0, 0.1) is 11.6 Å². The van der Waals surface area contributed by atoms with Gasteiger partial charge in [-0.25, -0.2) is 8.78 Å². The van der Waals surface area contributed by atoms with Gasteiger partial charge in [-0.05, 0) is 29.8 Å². The minimum atomic E-state index is -0.511. The zero-order chi connectivity index (χ0) is 13.8. The third-order valence-corrected chi connectivity index (χ3v) is 2.59. The van der Waals surface area contributed by atoms with Crippen molar-refractivity contribution in [1.82, 2.24) is 0 Å². The van der Waals surface area contributed by atoms with Crippen molar-refractivity contribution in [1.29, 1.82) is 0 Å². The van der Waals surface area contributed by atoms with Crippen LogP contribution in [0.25, 0.3) is 0 Å². The average molecular weight is 265 g/mol. The van der Waals surface area contributed by atoms with Crippen LogP contribution in [0.2, 0.25) is 0 Å². The number of nitrogens with one attached hydrogen (secondary N) is 1. The van der Waals surface area contributed by atoms with Gasteiger partial charge >= 0.3 is 0 Å². The first-order chi connectivity index (χ1) is 9.08. The van der Waals surface area contributed by atoms with Gasteiger partial charge in [0, 0.05) is 18.7 Å². The molecule has 2 rings (SSSR count). The lowest BCUT2D eigenvalue weighted by Gasteiger charge is -2.11. The lowest BCUT2D eigenvalue weighted by Crippen LogP contribution is -2.02. The molecule has 0 fully saturated rings. The van der Waals surface area contributed by atoms with Crippen LogP contribution in [0.4, 0.5) is 14.5 Å². The smallest absolute Gasteiger partial charge is 0.144 e. The predicted molar refractivity (Wildman–Crippen MR) is 68.3 cm³/mol. The second kappa shape index (κ2) is 5.56. The number of aromatic hydroxyl groups is 1. The molecule has 0 aliphatic heterocycles. The van der Waals surface area contributed by atoms with Crippen molar-refractivity contribution >= 4 is 5.69 Å². The van der Waals surface area contributed by atoms with E-state index in [2.05, 4.69) is 5.32 Å². The van der Waals surface area contributed by atoms with Crippen LogP contribution >= 0.6 is 0 Å². The third-order valence-electron chi connectivity index (χ3n) is 2.59. The Hall–Kier alpha value is -2.30. The minimum Gasteiger partial charge on any atom is -0.508 e. The number of anilines is 1. The molecule has 2 aromatic carbocycles. The molecular weight excluding hydrogens is 252 g/mol. The molecule has 19 heavy (non-hydrogen) atoms. The largest absolute Gasteiger partial charge is 0.508 e. The van der Waals surface area contributed by atoms with Gasteiger partial charge in [-0.3, -0.25) is 0 Å². The van der Waals surface area contributed by atoms with Crippen LogP contribution < -0.4 is 10.1 Å². The number of hydrogen-bond donors (Lipinski definition) is 2. The molecule has 5 heteroatoms. The Morgan fingerprint density at radius 1 is 1.11 bits per heavy atom. The summed E-state index contributed by atoms with van der Waals surface area (Å²) >= 11 is 0. The van der Waals surface area contributed by atoms with E-state index in [-0.39, 0.29) is 12.3 Å². The number of halogens is 2. The monoisotopic (exact) mass is 265 g/mol. The molecule has 0 spiro atoms. The highest BCUT2D eigenvalue weighted by atomic mass is 19.1. The van der Waals surface area contributed by atoms with Crippen molar-refractivity contribution in [3.05, 3.63) is 53.6 Å². The molecule has 0 saturated heterocycles. The number of hydrogen-bond acceptors (Lipinski definition) is 3. The first-order valence-corrected chi connectivity index (χ1v) is 5.64. The molecule has 0 unspecified atom stereocenters. The average Bonchev–Trinajstić information content (AvgIpc) is 2.36. The molecule has 3 nitrogen and oxygen atoms in total. The van der Waals surface area contributed by atoms with Gasteiger partial charge in [-0.2, -0.15) is 0 Å². The lowest BCUT2D eigenvalue weighted by atomic mass is 10.2. The predicted octanol–water partition coefficient (Wildman–Crippen LogP) is 3.29. The third kappa shape index (κ3) is 3.34. The fourth-order valence-electron chi connectivity index (χ4n) is 1.74. The number of phenols is 1. The van der Waals surface area contributed by atoms with Gasteiger partial charge in [-0.15, -0.1) is 0 Å². The van der Waals surface area contributed by atoms with E-state index in [1.54, 1.807) is 0 Å². The Morgan fingerprint density at radius 2 is 1.89 bits per heavy atom. The van der Waals surface area contributed by atoms with Crippen molar-refractivity contribution in [2.45, 2.75) is 6.54 Å². The van der Waals surface area contributed by atoms with Crippen LogP contribution in [-0.2, 0) is 6.54 Å². The standard InChI is InChI=1S/C14H13F2NO2/c1-19-14-7-10(15)2-3-13(14)17-8-9-4-11(16)6-12(18)5-9/h2-7,17-18H,8H2,1H3. The Bertz CT molecular complexity index is 567. The molecule has 0 heterocycles. The first-order valence-electron chi connectivity index (χ1n) is 5.64. The summed E-state index contributed by atoms with van der Waals surface area (Å²) < 4.78 is 31.1. The van der Waals surface area contributed by atoms with E-state index in [4.69, 9.17) is 4.74 Å². The second-order valence-corrected chi connectivity index (χ2v) is 4.02. The summed E-state index contributed by atoms with van der Waals surface area (Å²) in [7, 11) is 1.44. The maximum atomic E-state index is 13.1. The molecular formula is C14H13F2NO2. The molecule has 100 valence electrons. The molecule has 0 aliphatic carbocycles. The fourth-order valence-corrected chi connectivity index (χ4v) is 1.74. The maximum Gasteiger partial charge on any atom is 0.144 e. The summed E-state index contributed by atoms with van der Waals surface area (Å²) in [5.41, 5.74) is 1.16. The SMILES string of the molecule is COc1cc(F)ccc1NCc1cc(O)cc(F)c1. The summed E-state index contributed by atoms with van der Waals surface area (Å²) in [6.07, 6.45) is 0. The van der Waals surface area contributed by atoms with E-state index in [0.29, 0.717) is 17.0 Å². The first kappa shape index (κ1) is 13.1. The zero-order valence-electron chi connectivity index (χ0n) is 10.3. The van der Waals surface area contributed by atoms with Crippen molar-refractivity contribution in [3.63, 3.8) is 0 Å². The van der Waals surface area contributed by atoms with Crippen LogP contribution in [-0.4, -0.2) is 12.2 Å². The number of rotatable bonds is 4. The Labute approximate surface area is 109 Å². The number of benzene rings is 2. The molecule has 0 aliphatic rings. The van der Waals surface area contributed by atoms with Crippen molar-refractivity contribution in [3.8, 4) is 11.5 Å². The van der Waals surface area contributed by atoms with Gasteiger partial charge in [0.1, 0.15) is 23.1 Å². The van der Waals surface area contributed by atoms with Crippen molar-refractivity contribution in [2.75, 3.05) is 12.4 Å². The molecule has 2 aromatic rings. The van der Waals surface area contributed by atoms with E-state index < -0.39 is 11.6 Å². The van der Waals surface area contributed by atoms with E-state index in [0.717, 1.165) is 6.07 Å². The van der Waals surface area contributed by atoms with Gasteiger partial charge in [-0.1, -0.05) is 0 Å². The molecule has 0 bridgehead atoms. The van der Waals surface area contributed by atoms with Crippen LogP contribution in [0.15, 0.2) is 36.4 Å². The fraction of sp³-hybridized carbons (Fsp3) is 0.143. The summed E-state index contributed by atoms with van der Waals surface area (Å²) in [5, 5.41) is 12.3. The van der Waals surface area contributed by atoms with Gasteiger partial charge in [0.05, 0.1) is 12.8 Å². The Kier molecular flexibility index (Phi) is 3.85. The molecule has 2 N–H and O–H groups in total. The van der Waals surface area contributed by atoms with E-state index >= 15 is 0 Å². The number of phenolic OH excluding ortho intramolecular Hbond substituents is 1. The zero-order valence-corrected chi connectivity index (χ0v) is 10.3. The second-order valence-electron chi connectivity index (χ2n) is 4.02. The van der Waals surface area contributed by atoms with E-state index in [9.17, 15) is 13.9 Å². The normalized spacial score (nSPS) is 10.3. The lowest BCUT2D eigenvalue weighted by molar-refractivity contribution is 0.413. The topological polar surface area (TPSA) is 41.5 Å². The van der Waals surface area contributed by atoms with Gasteiger partial charge in [0.2, 0.25) is 0 Å². The van der Waals surface area contributed by atoms with Crippen LogP contribution in [0.1, 0.15) is 5.56 Å². The maximum absolute atomic E-state index is 13.1. The van der Waals surface area contributed by atoms with Crippen molar-refractivity contribution in [2.24, 2.45) is 0 Å². The minimum absolute atomic E-state index is 0.136. The molecule has 0 saturated carbocycles. The highest BCUT2D eigenvalue weighted by Gasteiger charge is 2.05. The Balaban J connectivity index is 2.14. The van der Waals surface area contributed by atoms with Gasteiger partial charge < -0.3 is 15.2 Å². The molecule has 0 aromatic heterocycles. The van der Waals surface area contributed by atoms with Crippen LogP contribution in [0.3, 0.4) is 0 Å². The van der Waals surface area contributed by atoms with E-state index in [1.807, 2.05) is 0 Å². The summed E-state index contributed by atoms with van der Waals surface area (Å²) in [6.45, 7) is 0.285. The van der Waals surface area contributed by atoms with Gasteiger partial charge in [0.25, 0.3) is 0 Å². The van der Waals surface area contributed by atoms with Crippen LogP contribution in [0.5, 0.6) is 11.5 Å². The molecule has 0 amide bonds.